The molecule has 0 aliphatic heterocycles. The zero-order valence-electron chi connectivity index (χ0n) is 11.6. The predicted octanol–water partition coefficient (Wildman–Crippen LogP) is 2.55. The molecule has 4 nitrogen and oxygen atoms in total. The van der Waals surface area contributed by atoms with E-state index < -0.39 is 0 Å². The van der Waals surface area contributed by atoms with Crippen LogP contribution in [-0.2, 0) is 6.54 Å². The van der Waals surface area contributed by atoms with Gasteiger partial charge in [-0.15, -0.1) is 0 Å². The van der Waals surface area contributed by atoms with Crippen LogP contribution in [0.3, 0.4) is 0 Å². The van der Waals surface area contributed by atoms with Crippen LogP contribution < -0.4 is 5.73 Å². The Morgan fingerprint density at radius 1 is 1.19 bits per heavy atom. The van der Waals surface area contributed by atoms with Crippen LogP contribution in [0.2, 0.25) is 0 Å². The smallest absolute Gasteiger partial charge is 0.137 e. The Morgan fingerprint density at radius 3 is 2.71 bits per heavy atom. The van der Waals surface area contributed by atoms with Crippen LogP contribution in [0.15, 0.2) is 48.8 Å². The van der Waals surface area contributed by atoms with E-state index in [0.29, 0.717) is 6.54 Å². The molecule has 0 aliphatic rings. The molecule has 0 unspecified atom stereocenters. The van der Waals surface area contributed by atoms with Crippen molar-refractivity contribution in [2.45, 2.75) is 6.54 Å². The minimum absolute atomic E-state index is 0.0176. The van der Waals surface area contributed by atoms with Gasteiger partial charge in [-0.25, -0.2) is 4.98 Å². The number of pyridine rings is 1. The number of aromatic amines is 1. The highest BCUT2D eigenvalue weighted by atomic mass is 16.3. The second-order valence-electron chi connectivity index (χ2n) is 4.87. The third kappa shape index (κ3) is 2.72. The number of aromatic nitrogens is 2. The number of fused-ring (bicyclic) bond motifs is 1. The van der Waals surface area contributed by atoms with Crippen molar-refractivity contribution in [1.29, 1.82) is 0 Å². The number of nitrogens with one attached hydrogen (secondary N) is 1. The van der Waals surface area contributed by atoms with E-state index in [1.165, 1.54) is 0 Å². The van der Waals surface area contributed by atoms with Gasteiger partial charge in [-0.05, 0) is 40.5 Å². The van der Waals surface area contributed by atoms with Crippen molar-refractivity contribution < 1.29 is 5.11 Å². The van der Waals surface area contributed by atoms with E-state index in [1.807, 2.05) is 48.7 Å². The molecule has 0 amide bonds. The molecule has 0 bridgehead atoms. The number of H-pyrrole nitrogens is 1. The topological polar surface area (TPSA) is 74.9 Å². The molecule has 0 spiro atoms. The highest BCUT2D eigenvalue weighted by Gasteiger charge is 2.04. The maximum Gasteiger partial charge on any atom is 0.137 e. The van der Waals surface area contributed by atoms with E-state index in [2.05, 4.69) is 9.97 Å². The fourth-order valence-corrected chi connectivity index (χ4v) is 2.37. The van der Waals surface area contributed by atoms with Crippen molar-refractivity contribution in [1.82, 2.24) is 9.97 Å². The summed E-state index contributed by atoms with van der Waals surface area (Å²) < 4.78 is 0. The lowest BCUT2D eigenvalue weighted by atomic mass is 10.0. The van der Waals surface area contributed by atoms with Crippen molar-refractivity contribution in [2.24, 2.45) is 5.73 Å². The Bertz CT molecular complexity index is 772. The number of aliphatic hydroxyl groups excluding tert-OH is 1. The minimum Gasteiger partial charge on any atom is -0.392 e. The number of benzene rings is 1. The van der Waals surface area contributed by atoms with Crippen molar-refractivity contribution in [3.05, 3.63) is 65.5 Å². The van der Waals surface area contributed by atoms with Crippen molar-refractivity contribution >= 4 is 22.7 Å². The highest BCUT2D eigenvalue weighted by molar-refractivity contribution is 5.92. The molecular weight excluding hydrogens is 262 g/mol. The Hall–Kier alpha value is -2.43. The SMILES string of the molecule is NCc1ccc(/C(=C/c2ccnc3[nH]ccc23)CO)cc1. The lowest BCUT2D eigenvalue weighted by Crippen LogP contribution is -1.97. The molecule has 4 heteroatoms. The third-order valence-electron chi connectivity index (χ3n) is 3.55. The van der Waals surface area contributed by atoms with E-state index in [9.17, 15) is 5.11 Å². The van der Waals surface area contributed by atoms with E-state index in [0.717, 1.165) is 33.3 Å². The molecule has 0 radical (unpaired) electrons. The van der Waals surface area contributed by atoms with Crippen LogP contribution in [0.1, 0.15) is 16.7 Å². The monoisotopic (exact) mass is 279 g/mol. The number of aliphatic hydroxyl groups is 1. The van der Waals surface area contributed by atoms with E-state index in [-0.39, 0.29) is 6.61 Å². The summed E-state index contributed by atoms with van der Waals surface area (Å²) in [6.45, 7) is 0.503. The van der Waals surface area contributed by atoms with Gasteiger partial charge in [0.25, 0.3) is 0 Å². The van der Waals surface area contributed by atoms with Crippen LogP contribution in [-0.4, -0.2) is 21.7 Å². The average Bonchev–Trinajstić information content (AvgIpc) is 3.02. The van der Waals surface area contributed by atoms with Crippen LogP contribution in [0.5, 0.6) is 0 Å². The van der Waals surface area contributed by atoms with Crippen LogP contribution >= 0.6 is 0 Å². The zero-order valence-corrected chi connectivity index (χ0v) is 11.6. The van der Waals surface area contributed by atoms with Gasteiger partial charge < -0.3 is 15.8 Å². The summed E-state index contributed by atoms with van der Waals surface area (Å²) >= 11 is 0. The van der Waals surface area contributed by atoms with Crippen LogP contribution in [0, 0.1) is 0 Å². The second-order valence-corrected chi connectivity index (χ2v) is 4.87. The first kappa shape index (κ1) is 13.5. The van der Waals surface area contributed by atoms with Gasteiger partial charge in [0.2, 0.25) is 0 Å². The quantitative estimate of drug-likeness (QED) is 0.687. The van der Waals surface area contributed by atoms with Gasteiger partial charge in [-0.1, -0.05) is 24.3 Å². The van der Waals surface area contributed by atoms with Gasteiger partial charge in [0.1, 0.15) is 5.65 Å². The van der Waals surface area contributed by atoms with Gasteiger partial charge in [0, 0.05) is 24.3 Å². The number of hydrogen-bond acceptors (Lipinski definition) is 3. The van der Waals surface area contributed by atoms with Gasteiger partial charge in [0.05, 0.1) is 6.61 Å². The van der Waals surface area contributed by atoms with Gasteiger partial charge in [-0.3, -0.25) is 0 Å². The Balaban J connectivity index is 2.03. The number of nitrogens with zero attached hydrogens (tertiary/aromatic N) is 1. The maximum atomic E-state index is 9.67. The molecule has 0 saturated heterocycles. The normalized spacial score (nSPS) is 12.0. The summed E-state index contributed by atoms with van der Waals surface area (Å²) in [5.74, 6) is 0. The van der Waals surface area contributed by atoms with Gasteiger partial charge in [0.15, 0.2) is 0 Å². The maximum absolute atomic E-state index is 9.67. The minimum atomic E-state index is -0.0176. The van der Waals surface area contributed by atoms with Crippen molar-refractivity contribution in [3.8, 4) is 0 Å². The third-order valence-corrected chi connectivity index (χ3v) is 3.55. The molecule has 106 valence electrons. The molecule has 3 aromatic rings. The molecule has 3 rings (SSSR count). The molecule has 2 aromatic heterocycles. The molecular formula is C17H17N3O. The summed E-state index contributed by atoms with van der Waals surface area (Å²) in [6, 6.07) is 11.9. The van der Waals surface area contributed by atoms with E-state index in [1.54, 1.807) is 6.20 Å². The first-order chi connectivity index (χ1) is 10.3. The summed E-state index contributed by atoms with van der Waals surface area (Å²) in [5.41, 5.74) is 10.4. The Labute approximate surface area is 123 Å². The molecule has 0 aliphatic carbocycles. The molecule has 21 heavy (non-hydrogen) atoms. The first-order valence-electron chi connectivity index (χ1n) is 6.84. The Kier molecular flexibility index (Phi) is 3.81. The zero-order chi connectivity index (χ0) is 14.7. The number of rotatable bonds is 4. The standard InChI is InChI=1S/C17H17N3O/c18-10-12-1-3-13(4-2-12)15(11-21)9-14-5-7-19-17-16(14)6-8-20-17/h1-9,21H,10-11,18H2,(H,19,20)/b15-9+. The largest absolute Gasteiger partial charge is 0.392 e. The lowest BCUT2D eigenvalue weighted by molar-refractivity contribution is 0.351. The number of nitrogens with two attached hydrogens (primary N) is 1. The Morgan fingerprint density at radius 2 is 2.00 bits per heavy atom. The number of hydrogen-bond donors (Lipinski definition) is 3. The summed E-state index contributed by atoms with van der Waals surface area (Å²) in [7, 11) is 0. The summed E-state index contributed by atoms with van der Waals surface area (Å²) in [6.07, 6.45) is 5.62. The van der Waals surface area contributed by atoms with E-state index >= 15 is 0 Å². The molecule has 0 saturated carbocycles. The van der Waals surface area contributed by atoms with Gasteiger partial charge >= 0.3 is 0 Å². The highest BCUT2D eigenvalue weighted by Crippen LogP contribution is 2.22. The fraction of sp³-hybridized carbons (Fsp3) is 0.118. The first-order valence-corrected chi connectivity index (χ1v) is 6.84. The summed E-state index contributed by atoms with van der Waals surface area (Å²) in [5, 5.41) is 10.7. The fourth-order valence-electron chi connectivity index (χ4n) is 2.37. The van der Waals surface area contributed by atoms with Crippen molar-refractivity contribution in [3.63, 3.8) is 0 Å². The van der Waals surface area contributed by atoms with Crippen molar-refractivity contribution in [2.75, 3.05) is 6.61 Å². The lowest BCUT2D eigenvalue weighted by Gasteiger charge is -2.07. The molecule has 2 heterocycles. The molecule has 0 atom stereocenters. The molecule has 4 N–H and O–H groups in total. The predicted molar refractivity (Wildman–Crippen MR) is 85.4 cm³/mol. The van der Waals surface area contributed by atoms with E-state index in [4.69, 9.17) is 5.73 Å². The average molecular weight is 279 g/mol. The van der Waals surface area contributed by atoms with Crippen LogP contribution in [0.25, 0.3) is 22.7 Å². The summed E-state index contributed by atoms with van der Waals surface area (Å²) in [4.78, 5) is 7.36. The van der Waals surface area contributed by atoms with Crippen LogP contribution in [0.4, 0.5) is 0 Å². The van der Waals surface area contributed by atoms with Gasteiger partial charge in [-0.2, -0.15) is 0 Å². The molecule has 1 aromatic carbocycles. The second kappa shape index (κ2) is 5.91. The molecule has 0 fully saturated rings.